The van der Waals surface area contributed by atoms with Crippen LogP contribution in [0.5, 0.6) is 0 Å². The number of aromatic nitrogens is 1. The molecule has 0 aliphatic carbocycles. The number of halogens is 2. The van der Waals surface area contributed by atoms with Gasteiger partial charge in [0.15, 0.2) is 0 Å². The Morgan fingerprint density at radius 2 is 2.10 bits per heavy atom. The Morgan fingerprint density at radius 1 is 1.29 bits per heavy atom. The van der Waals surface area contributed by atoms with Crippen LogP contribution >= 0.6 is 34.5 Å². The molecule has 1 N–H and O–H groups in total. The molecule has 0 saturated carbocycles. The van der Waals surface area contributed by atoms with Gasteiger partial charge < -0.3 is 14.6 Å². The van der Waals surface area contributed by atoms with Crippen LogP contribution in [-0.2, 0) is 16.1 Å². The molecule has 0 spiro atoms. The highest BCUT2D eigenvalue weighted by atomic mass is 35.5. The number of nitriles is 1. The Kier molecular flexibility index (Phi) is 7.53. The Balaban J connectivity index is 1.81. The molecular formula is C22H17Cl2N3O3S. The molecule has 0 aliphatic heterocycles. The predicted molar refractivity (Wildman–Crippen MR) is 122 cm³/mol. The average Bonchev–Trinajstić information content (AvgIpc) is 3.37. The van der Waals surface area contributed by atoms with Crippen molar-refractivity contribution in [3.05, 3.63) is 80.4 Å². The summed E-state index contributed by atoms with van der Waals surface area (Å²) in [5.41, 5.74) is 1.63. The second-order valence-corrected chi connectivity index (χ2v) is 8.06. The van der Waals surface area contributed by atoms with Crippen LogP contribution in [0.25, 0.3) is 6.08 Å². The lowest BCUT2D eigenvalue weighted by molar-refractivity contribution is -0.112. The first-order chi connectivity index (χ1) is 14.9. The number of carbonyl (C=O) groups excluding carboxylic acids is 2. The van der Waals surface area contributed by atoms with Gasteiger partial charge in [0.1, 0.15) is 16.6 Å². The second kappa shape index (κ2) is 10.3. The van der Waals surface area contributed by atoms with E-state index in [4.69, 9.17) is 27.9 Å². The molecule has 3 aromatic rings. The third-order valence-electron chi connectivity index (χ3n) is 4.27. The van der Waals surface area contributed by atoms with Crippen molar-refractivity contribution in [3.8, 4) is 6.07 Å². The van der Waals surface area contributed by atoms with Gasteiger partial charge in [0.25, 0.3) is 5.91 Å². The minimum atomic E-state index is -0.618. The monoisotopic (exact) mass is 473 g/mol. The Labute approximate surface area is 193 Å². The van der Waals surface area contributed by atoms with Crippen molar-refractivity contribution in [3.63, 3.8) is 0 Å². The SMILES string of the molecule is CCOC(=O)c1ccsc1NC(=O)C(C#N)=Cc1cccn1Cc1ccc(Cl)cc1Cl. The van der Waals surface area contributed by atoms with Gasteiger partial charge in [-0.3, -0.25) is 4.79 Å². The van der Waals surface area contributed by atoms with E-state index in [2.05, 4.69) is 5.32 Å². The highest BCUT2D eigenvalue weighted by Crippen LogP contribution is 2.25. The number of carbonyl (C=O) groups is 2. The van der Waals surface area contributed by atoms with Gasteiger partial charge in [0, 0.05) is 28.5 Å². The fraction of sp³-hybridized carbons (Fsp3) is 0.136. The third kappa shape index (κ3) is 5.56. The van der Waals surface area contributed by atoms with E-state index in [1.807, 2.05) is 22.9 Å². The lowest BCUT2D eigenvalue weighted by atomic mass is 10.2. The number of amides is 1. The summed E-state index contributed by atoms with van der Waals surface area (Å²) in [6.45, 7) is 2.36. The maximum atomic E-state index is 12.7. The molecule has 3 rings (SSSR count). The molecule has 9 heteroatoms. The molecule has 0 bridgehead atoms. The lowest BCUT2D eigenvalue weighted by Gasteiger charge is -2.10. The van der Waals surface area contributed by atoms with E-state index in [0.717, 1.165) is 5.56 Å². The first-order valence-corrected chi connectivity index (χ1v) is 10.8. The van der Waals surface area contributed by atoms with Crippen molar-refractivity contribution in [2.45, 2.75) is 13.5 Å². The van der Waals surface area contributed by atoms with Crippen LogP contribution in [0, 0.1) is 11.3 Å². The molecule has 0 aliphatic rings. The lowest BCUT2D eigenvalue weighted by Crippen LogP contribution is -2.15. The predicted octanol–water partition coefficient (Wildman–Crippen LogP) is 5.63. The molecule has 0 fully saturated rings. The topological polar surface area (TPSA) is 84.1 Å². The molecule has 0 unspecified atom stereocenters. The number of benzene rings is 1. The van der Waals surface area contributed by atoms with Crippen molar-refractivity contribution in [2.75, 3.05) is 11.9 Å². The third-order valence-corrected chi connectivity index (χ3v) is 5.68. The zero-order chi connectivity index (χ0) is 22.4. The normalized spacial score (nSPS) is 11.1. The van der Waals surface area contributed by atoms with Crippen LogP contribution in [0.1, 0.15) is 28.5 Å². The zero-order valence-electron chi connectivity index (χ0n) is 16.4. The van der Waals surface area contributed by atoms with Crippen LogP contribution in [0.15, 0.2) is 53.5 Å². The summed E-state index contributed by atoms with van der Waals surface area (Å²) in [6.07, 6.45) is 3.30. The highest BCUT2D eigenvalue weighted by molar-refractivity contribution is 7.14. The molecule has 0 radical (unpaired) electrons. The van der Waals surface area contributed by atoms with E-state index < -0.39 is 11.9 Å². The Hall–Kier alpha value is -3.05. The molecular weight excluding hydrogens is 457 g/mol. The van der Waals surface area contributed by atoms with E-state index in [1.54, 1.807) is 42.6 Å². The molecule has 6 nitrogen and oxygen atoms in total. The maximum Gasteiger partial charge on any atom is 0.341 e. The summed E-state index contributed by atoms with van der Waals surface area (Å²) >= 11 is 13.4. The van der Waals surface area contributed by atoms with Gasteiger partial charge >= 0.3 is 5.97 Å². The number of anilines is 1. The smallest absolute Gasteiger partial charge is 0.341 e. The van der Waals surface area contributed by atoms with E-state index >= 15 is 0 Å². The number of ether oxygens (including phenoxy) is 1. The quantitative estimate of drug-likeness (QED) is 0.273. The number of nitrogens with one attached hydrogen (secondary N) is 1. The van der Waals surface area contributed by atoms with Crippen molar-refractivity contribution >= 4 is 57.5 Å². The van der Waals surface area contributed by atoms with E-state index in [9.17, 15) is 14.9 Å². The van der Waals surface area contributed by atoms with E-state index in [1.165, 1.54) is 17.4 Å². The number of thiophene rings is 1. The van der Waals surface area contributed by atoms with Gasteiger partial charge in [-0.05, 0) is 54.3 Å². The fourth-order valence-electron chi connectivity index (χ4n) is 2.78. The number of esters is 1. The van der Waals surface area contributed by atoms with Gasteiger partial charge in [0.05, 0.1) is 12.2 Å². The standard InChI is InChI=1S/C22H17Cl2N3O3S/c1-2-30-22(29)18-7-9-31-21(18)26-20(28)15(12-25)10-17-4-3-8-27(17)13-14-5-6-16(23)11-19(14)24/h3-11H,2,13H2,1H3,(H,26,28). The molecule has 31 heavy (non-hydrogen) atoms. The molecule has 1 amide bonds. The summed E-state index contributed by atoms with van der Waals surface area (Å²) < 4.78 is 6.84. The minimum Gasteiger partial charge on any atom is -0.462 e. The van der Waals surface area contributed by atoms with Gasteiger partial charge in [-0.2, -0.15) is 5.26 Å². The van der Waals surface area contributed by atoms with Crippen molar-refractivity contribution in [1.82, 2.24) is 4.57 Å². The molecule has 158 valence electrons. The molecule has 0 atom stereocenters. The minimum absolute atomic E-state index is 0.106. The summed E-state index contributed by atoms with van der Waals surface area (Å²) in [6, 6.07) is 12.3. The number of rotatable bonds is 7. The Bertz CT molecular complexity index is 1190. The first kappa shape index (κ1) is 22.6. The van der Waals surface area contributed by atoms with Gasteiger partial charge in [-0.15, -0.1) is 11.3 Å². The van der Waals surface area contributed by atoms with Crippen LogP contribution in [0.2, 0.25) is 10.0 Å². The van der Waals surface area contributed by atoms with Crippen LogP contribution in [-0.4, -0.2) is 23.1 Å². The van der Waals surface area contributed by atoms with Crippen LogP contribution < -0.4 is 5.32 Å². The van der Waals surface area contributed by atoms with Gasteiger partial charge in [-0.1, -0.05) is 29.3 Å². The van der Waals surface area contributed by atoms with Crippen LogP contribution in [0.4, 0.5) is 5.00 Å². The number of hydrogen-bond donors (Lipinski definition) is 1. The summed E-state index contributed by atoms with van der Waals surface area (Å²) in [7, 11) is 0. The molecule has 0 saturated heterocycles. The van der Waals surface area contributed by atoms with Gasteiger partial charge in [-0.25, -0.2) is 4.79 Å². The highest BCUT2D eigenvalue weighted by Gasteiger charge is 2.18. The zero-order valence-corrected chi connectivity index (χ0v) is 18.7. The molecule has 2 heterocycles. The summed E-state index contributed by atoms with van der Waals surface area (Å²) in [5, 5.41) is 15.2. The van der Waals surface area contributed by atoms with Crippen LogP contribution in [0.3, 0.4) is 0 Å². The van der Waals surface area contributed by atoms with Crippen molar-refractivity contribution < 1.29 is 14.3 Å². The summed E-state index contributed by atoms with van der Waals surface area (Å²) in [5.74, 6) is -1.15. The van der Waals surface area contributed by atoms with Gasteiger partial charge in [0.2, 0.25) is 0 Å². The van der Waals surface area contributed by atoms with E-state index in [-0.39, 0.29) is 17.7 Å². The van der Waals surface area contributed by atoms with Crippen molar-refractivity contribution in [2.24, 2.45) is 0 Å². The maximum absolute atomic E-state index is 12.7. The van der Waals surface area contributed by atoms with Crippen molar-refractivity contribution in [1.29, 1.82) is 5.26 Å². The number of hydrogen-bond acceptors (Lipinski definition) is 5. The first-order valence-electron chi connectivity index (χ1n) is 9.19. The fourth-order valence-corrected chi connectivity index (χ4v) is 4.02. The number of nitrogens with zero attached hydrogens (tertiary/aromatic N) is 2. The Morgan fingerprint density at radius 3 is 2.81 bits per heavy atom. The summed E-state index contributed by atoms with van der Waals surface area (Å²) in [4.78, 5) is 24.7. The largest absolute Gasteiger partial charge is 0.462 e. The average molecular weight is 474 g/mol. The molecule has 2 aromatic heterocycles. The van der Waals surface area contributed by atoms with E-state index in [0.29, 0.717) is 27.3 Å². The molecule has 1 aromatic carbocycles. The second-order valence-electron chi connectivity index (χ2n) is 6.30.